The number of benzene rings is 2. The Labute approximate surface area is 162 Å². The summed E-state index contributed by atoms with van der Waals surface area (Å²) in [5, 5.41) is 2.99. The zero-order chi connectivity index (χ0) is 18.4. The summed E-state index contributed by atoms with van der Waals surface area (Å²) < 4.78 is 0.970. The molecule has 0 spiro atoms. The van der Waals surface area contributed by atoms with Crippen LogP contribution in [0.15, 0.2) is 59.1 Å². The van der Waals surface area contributed by atoms with Gasteiger partial charge in [0.15, 0.2) is 0 Å². The SMILES string of the molecule is O=C(NCCCCc1ccccc1)[C@H]1CC(=O)N(c2ccc(Br)cc2)C1. The van der Waals surface area contributed by atoms with Crippen LogP contribution in [0.3, 0.4) is 0 Å². The van der Waals surface area contributed by atoms with Gasteiger partial charge in [0.2, 0.25) is 11.8 Å². The highest BCUT2D eigenvalue weighted by atomic mass is 79.9. The van der Waals surface area contributed by atoms with Crippen LogP contribution < -0.4 is 10.2 Å². The molecule has 0 bridgehead atoms. The number of hydrogen-bond acceptors (Lipinski definition) is 2. The Morgan fingerprint density at radius 3 is 2.54 bits per heavy atom. The molecule has 0 aliphatic carbocycles. The molecule has 3 rings (SSSR count). The van der Waals surface area contributed by atoms with Crippen LogP contribution in [0.4, 0.5) is 5.69 Å². The molecule has 26 heavy (non-hydrogen) atoms. The van der Waals surface area contributed by atoms with Gasteiger partial charge in [-0.2, -0.15) is 0 Å². The average Bonchev–Trinajstić information content (AvgIpc) is 3.05. The van der Waals surface area contributed by atoms with Crippen LogP contribution in [-0.2, 0) is 16.0 Å². The van der Waals surface area contributed by atoms with E-state index >= 15 is 0 Å². The van der Waals surface area contributed by atoms with Gasteiger partial charge in [0.25, 0.3) is 0 Å². The Balaban J connectivity index is 1.41. The Hall–Kier alpha value is -2.14. The Morgan fingerprint density at radius 1 is 1.08 bits per heavy atom. The van der Waals surface area contributed by atoms with Crippen LogP contribution in [0, 0.1) is 5.92 Å². The van der Waals surface area contributed by atoms with Gasteiger partial charge in [0.05, 0.1) is 5.92 Å². The Morgan fingerprint density at radius 2 is 1.81 bits per heavy atom. The summed E-state index contributed by atoms with van der Waals surface area (Å²) in [6.45, 7) is 1.12. The molecule has 1 aliphatic heterocycles. The first-order chi connectivity index (χ1) is 12.6. The molecule has 2 amide bonds. The number of hydrogen-bond donors (Lipinski definition) is 1. The summed E-state index contributed by atoms with van der Waals surface area (Å²) in [7, 11) is 0. The van der Waals surface area contributed by atoms with Crippen molar-refractivity contribution in [2.24, 2.45) is 5.92 Å². The van der Waals surface area contributed by atoms with E-state index in [0.717, 1.165) is 29.4 Å². The molecule has 2 aromatic carbocycles. The third-order valence-corrected chi connectivity index (χ3v) is 5.20. The summed E-state index contributed by atoms with van der Waals surface area (Å²) in [5.74, 6) is -0.269. The lowest BCUT2D eigenvalue weighted by Gasteiger charge is -2.16. The topological polar surface area (TPSA) is 49.4 Å². The van der Waals surface area contributed by atoms with E-state index in [1.165, 1.54) is 5.56 Å². The largest absolute Gasteiger partial charge is 0.356 e. The number of carbonyl (C=O) groups excluding carboxylic acids is 2. The number of anilines is 1. The van der Waals surface area contributed by atoms with Crippen molar-refractivity contribution in [3.63, 3.8) is 0 Å². The van der Waals surface area contributed by atoms with E-state index in [1.54, 1.807) is 4.90 Å². The van der Waals surface area contributed by atoms with Crippen LogP contribution in [-0.4, -0.2) is 24.9 Å². The van der Waals surface area contributed by atoms with Crippen LogP contribution in [0.5, 0.6) is 0 Å². The van der Waals surface area contributed by atoms with E-state index in [4.69, 9.17) is 0 Å². The molecule has 1 N–H and O–H groups in total. The van der Waals surface area contributed by atoms with Crippen molar-refractivity contribution in [3.05, 3.63) is 64.6 Å². The van der Waals surface area contributed by atoms with Crippen LogP contribution in [0.1, 0.15) is 24.8 Å². The number of halogens is 1. The monoisotopic (exact) mass is 414 g/mol. The summed E-state index contributed by atoms with van der Waals surface area (Å²) in [6, 6.07) is 18.0. The van der Waals surface area contributed by atoms with E-state index in [2.05, 4.69) is 33.4 Å². The van der Waals surface area contributed by atoms with Crippen molar-refractivity contribution in [1.82, 2.24) is 5.32 Å². The first kappa shape index (κ1) is 18.6. The van der Waals surface area contributed by atoms with E-state index in [-0.39, 0.29) is 24.2 Å². The number of amides is 2. The zero-order valence-electron chi connectivity index (χ0n) is 14.7. The smallest absolute Gasteiger partial charge is 0.227 e. The van der Waals surface area contributed by atoms with E-state index in [0.29, 0.717) is 13.1 Å². The number of unbranched alkanes of at least 4 members (excludes halogenated alkanes) is 1. The molecular formula is C21H23BrN2O2. The van der Waals surface area contributed by atoms with Gasteiger partial charge in [-0.3, -0.25) is 9.59 Å². The molecule has 5 heteroatoms. The number of nitrogens with zero attached hydrogens (tertiary/aromatic N) is 1. The molecule has 2 aromatic rings. The Kier molecular flexibility index (Phi) is 6.45. The summed E-state index contributed by atoms with van der Waals surface area (Å²) in [6.07, 6.45) is 3.29. The molecule has 1 aliphatic rings. The fourth-order valence-electron chi connectivity index (χ4n) is 3.21. The zero-order valence-corrected chi connectivity index (χ0v) is 16.2. The molecule has 1 heterocycles. The number of carbonyl (C=O) groups is 2. The van der Waals surface area contributed by atoms with Gasteiger partial charge < -0.3 is 10.2 Å². The molecular weight excluding hydrogens is 392 g/mol. The normalized spacial score (nSPS) is 16.7. The first-order valence-corrected chi connectivity index (χ1v) is 9.80. The summed E-state index contributed by atoms with van der Waals surface area (Å²) >= 11 is 3.39. The van der Waals surface area contributed by atoms with Crippen molar-refractivity contribution in [2.45, 2.75) is 25.7 Å². The maximum absolute atomic E-state index is 12.4. The van der Waals surface area contributed by atoms with Gasteiger partial charge in [0.1, 0.15) is 0 Å². The van der Waals surface area contributed by atoms with Gasteiger partial charge in [-0.05, 0) is 49.1 Å². The second-order valence-corrected chi connectivity index (χ2v) is 7.53. The standard InChI is InChI=1S/C21H23BrN2O2/c22-18-9-11-19(12-10-18)24-15-17(14-20(24)25)21(26)23-13-5-4-8-16-6-2-1-3-7-16/h1-3,6-7,9-12,17H,4-5,8,13-15H2,(H,23,26)/t17-/m0/s1. The van der Waals surface area contributed by atoms with Gasteiger partial charge >= 0.3 is 0 Å². The van der Waals surface area contributed by atoms with Crippen LogP contribution >= 0.6 is 15.9 Å². The predicted octanol–water partition coefficient (Wildman–Crippen LogP) is 3.94. The summed E-state index contributed by atoms with van der Waals surface area (Å²) in [5.41, 5.74) is 2.17. The highest BCUT2D eigenvalue weighted by Crippen LogP contribution is 2.26. The summed E-state index contributed by atoms with van der Waals surface area (Å²) in [4.78, 5) is 26.3. The lowest BCUT2D eigenvalue weighted by atomic mass is 10.1. The van der Waals surface area contributed by atoms with Crippen molar-refractivity contribution >= 4 is 33.4 Å². The molecule has 1 atom stereocenters. The maximum atomic E-state index is 12.4. The Bertz CT molecular complexity index is 746. The molecule has 1 fully saturated rings. The molecule has 1 saturated heterocycles. The highest BCUT2D eigenvalue weighted by Gasteiger charge is 2.34. The third kappa shape index (κ3) is 4.94. The van der Waals surface area contributed by atoms with Crippen molar-refractivity contribution in [1.29, 1.82) is 0 Å². The average molecular weight is 415 g/mol. The number of rotatable bonds is 7. The second kappa shape index (κ2) is 8.99. The van der Waals surface area contributed by atoms with Crippen LogP contribution in [0.25, 0.3) is 0 Å². The molecule has 0 radical (unpaired) electrons. The molecule has 0 unspecified atom stereocenters. The lowest BCUT2D eigenvalue weighted by Crippen LogP contribution is -2.33. The quantitative estimate of drug-likeness (QED) is 0.697. The third-order valence-electron chi connectivity index (χ3n) is 4.67. The lowest BCUT2D eigenvalue weighted by molar-refractivity contribution is -0.126. The minimum atomic E-state index is -0.264. The first-order valence-electron chi connectivity index (χ1n) is 9.01. The highest BCUT2D eigenvalue weighted by molar-refractivity contribution is 9.10. The molecule has 4 nitrogen and oxygen atoms in total. The molecule has 136 valence electrons. The predicted molar refractivity (Wildman–Crippen MR) is 107 cm³/mol. The van der Waals surface area contributed by atoms with Crippen molar-refractivity contribution in [3.8, 4) is 0 Å². The van der Waals surface area contributed by atoms with E-state index in [1.807, 2.05) is 42.5 Å². The molecule has 0 saturated carbocycles. The van der Waals surface area contributed by atoms with Crippen molar-refractivity contribution in [2.75, 3.05) is 18.0 Å². The second-order valence-electron chi connectivity index (χ2n) is 6.62. The molecule has 0 aromatic heterocycles. The minimum Gasteiger partial charge on any atom is -0.356 e. The van der Waals surface area contributed by atoms with Crippen molar-refractivity contribution < 1.29 is 9.59 Å². The number of nitrogens with one attached hydrogen (secondary N) is 1. The maximum Gasteiger partial charge on any atom is 0.227 e. The van der Waals surface area contributed by atoms with E-state index < -0.39 is 0 Å². The van der Waals surface area contributed by atoms with Gasteiger partial charge in [0, 0.05) is 29.7 Å². The van der Waals surface area contributed by atoms with Gasteiger partial charge in [-0.1, -0.05) is 46.3 Å². The number of aryl methyl sites for hydroxylation is 1. The van der Waals surface area contributed by atoms with Gasteiger partial charge in [-0.15, -0.1) is 0 Å². The van der Waals surface area contributed by atoms with Crippen LogP contribution in [0.2, 0.25) is 0 Å². The van der Waals surface area contributed by atoms with Gasteiger partial charge in [-0.25, -0.2) is 0 Å². The fraction of sp³-hybridized carbons (Fsp3) is 0.333. The minimum absolute atomic E-state index is 0.0107. The fourth-order valence-corrected chi connectivity index (χ4v) is 3.47. The van der Waals surface area contributed by atoms with E-state index in [9.17, 15) is 9.59 Å².